The first kappa shape index (κ1) is 13.1. The maximum atomic E-state index is 5.72. The summed E-state index contributed by atoms with van der Waals surface area (Å²) in [5, 5.41) is 3.24. The van der Waals surface area contributed by atoms with E-state index < -0.39 is 0 Å². The second-order valence-corrected chi connectivity index (χ2v) is 5.09. The van der Waals surface area contributed by atoms with Crippen LogP contribution in [-0.4, -0.2) is 11.5 Å². The highest BCUT2D eigenvalue weighted by molar-refractivity contribution is 14.1. The average Bonchev–Trinajstić information content (AvgIpc) is 2.37. The average molecular weight is 354 g/mol. The van der Waals surface area contributed by atoms with Gasteiger partial charge in [-0.1, -0.05) is 19.1 Å². The van der Waals surface area contributed by atoms with Crippen molar-refractivity contribution in [3.8, 4) is 11.6 Å². The van der Waals surface area contributed by atoms with Gasteiger partial charge in [0.15, 0.2) is 0 Å². The number of halogens is 1. The maximum Gasteiger partial charge on any atom is 0.221 e. The highest BCUT2D eigenvalue weighted by atomic mass is 127. The van der Waals surface area contributed by atoms with Gasteiger partial charge in [0.25, 0.3) is 0 Å². The van der Waals surface area contributed by atoms with Gasteiger partial charge < -0.3 is 10.1 Å². The van der Waals surface area contributed by atoms with Gasteiger partial charge in [0, 0.05) is 16.2 Å². The van der Waals surface area contributed by atoms with E-state index in [2.05, 4.69) is 39.8 Å². The van der Waals surface area contributed by atoms with Crippen LogP contribution in [0.3, 0.4) is 0 Å². The number of aromatic nitrogens is 1. The first-order chi connectivity index (χ1) is 8.78. The van der Waals surface area contributed by atoms with Crippen molar-refractivity contribution in [1.29, 1.82) is 0 Å². The fourth-order valence-electron chi connectivity index (χ4n) is 1.47. The molecule has 18 heavy (non-hydrogen) atoms. The van der Waals surface area contributed by atoms with Crippen LogP contribution in [0.2, 0.25) is 0 Å². The second-order valence-electron chi connectivity index (χ2n) is 3.85. The van der Waals surface area contributed by atoms with Crippen LogP contribution in [0.1, 0.15) is 13.3 Å². The predicted octanol–water partition coefficient (Wildman–Crippen LogP) is 4.30. The highest BCUT2D eigenvalue weighted by Gasteiger charge is 2.00. The fraction of sp³-hybridized carbons (Fsp3) is 0.214. The first-order valence-corrected chi connectivity index (χ1v) is 7.00. The van der Waals surface area contributed by atoms with Gasteiger partial charge in [0.05, 0.1) is 0 Å². The molecule has 0 saturated heterocycles. The summed E-state index contributed by atoms with van der Waals surface area (Å²) < 4.78 is 6.87. The van der Waals surface area contributed by atoms with Crippen LogP contribution in [0.4, 0.5) is 5.82 Å². The molecular weight excluding hydrogens is 339 g/mol. The van der Waals surface area contributed by atoms with Gasteiger partial charge in [0.1, 0.15) is 11.6 Å². The third kappa shape index (κ3) is 3.87. The molecule has 0 saturated carbocycles. The summed E-state index contributed by atoms with van der Waals surface area (Å²) in [4.78, 5) is 4.40. The lowest BCUT2D eigenvalue weighted by Crippen LogP contribution is -2.02. The van der Waals surface area contributed by atoms with Crippen molar-refractivity contribution in [3.63, 3.8) is 0 Å². The molecule has 1 aromatic carbocycles. The van der Waals surface area contributed by atoms with Gasteiger partial charge in [-0.25, -0.2) is 0 Å². The molecule has 2 rings (SSSR count). The molecule has 0 aliphatic carbocycles. The number of ether oxygens (including phenoxy) is 1. The van der Waals surface area contributed by atoms with E-state index in [-0.39, 0.29) is 0 Å². The Kier molecular flexibility index (Phi) is 4.81. The molecule has 1 heterocycles. The van der Waals surface area contributed by atoms with E-state index in [4.69, 9.17) is 4.74 Å². The van der Waals surface area contributed by atoms with Gasteiger partial charge >= 0.3 is 0 Å². The number of hydrogen-bond donors (Lipinski definition) is 1. The van der Waals surface area contributed by atoms with Crippen LogP contribution in [0.5, 0.6) is 11.6 Å². The number of nitrogens with one attached hydrogen (secondary N) is 1. The second kappa shape index (κ2) is 6.58. The number of hydrogen-bond acceptors (Lipinski definition) is 3. The molecule has 0 unspecified atom stereocenters. The fourth-order valence-corrected chi connectivity index (χ4v) is 1.99. The molecule has 94 valence electrons. The summed E-state index contributed by atoms with van der Waals surface area (Å²) in [5.41, 5.74) is 0. The van der Waals surface area contributed by atoms with Crippen LogP contribution in [0.25, 0.3) is 0 Å². The van der Waals surface area contributed by atoms with E-state index in [1.54, 1.807) is 0 Å². The highest BCUT2D eigenvalue weighted by Crippen LogP contribution is 2.22. The molecule has 0 bridgehead atoms. The van der Waals surface area contributed by atoms with Crippen molar-refractivity contribution < 1.29 is 4.74 Å². The van der Waals surface area contributed by atoms with Crippen LogP contribution in [0, 0.1) is 3.57 Å². The van der Waals surface area contributed by atoms with Crippen LogP contribution >= 0.6 is 22.6 Å². The maximum absolute atomic E-state index is 5.72. The van der Waals surface area contributed by atoms with Gasteiger partial charge in [0.2, 0.25) is 5.88 Å². The third-order valence-corrected chi connectivity index (χ3v) is 2.97. The quantitative estimate of drug-likeness (QED) is 0.813. The lowest BCUT2D eigenvalue weighted by Gasteiger charge is -2.08. The van der Waals surface area contributed by atoms with Gasteiger partial charge in [-0.15, -0.1) is 0 Å². The molecule has 1 aromatic heterocycles. The van der Waals surface area contributed by atoms with Crippen molar-refractivity contribution in [2.24, 2.45) is 0 Å². The minimum atomic E-state index is 0.609. The lowest BCUT2D eigenvalue weighted by atomic mass is 10.3. The number of nitrogens with zero attached hydrogens (tertiary/aromatic N) is 1. The number of anilines is 1. The van der Waals surface area contributed by atoms with E-state index in [0.29, 0.717) is 5.88 Å². The summed E-state index contributed by atoms with van der Waals surface area (Å²) in [6.07, 6.45) is 1.07. The Bertz CT molecular complexity index is 517. The number of rotatable bonds is 5. The normalized spacial score (nSPS) is 10.1. The molecule has 0 spiro atoms. The van der Waals surface area contributed by atoms with Gasteiger partial charge in [-0.05, 0) is 53.3 Å². The molecule has 2 aromatic rings. The van der Waals surface area contributed by atoms with Crippen LogP contribution < -0.4 is 10.1 Å². The molecule has 0 aliphatic rings. The van der Waals surface area contributed by atoms with Gasteiger partial charge in [-0.3, -0.25) is 0 Å². The Balaban J connectivity index is 2.09. The zero-order valence-corrected chi connectivity index (χ0v) is 12.3. The first-order valence-electron chi connectivity index (χ1n) is 5.92. The van der Waals surface area contributed by atoms with Crippen molar-refractivity contribution in [2.75, 3.05) is 11.9 Å². The van der Waals surface area contributed by atoms with Crippen LogP contribution in [-0.2, 0) is 0 Å². The predicted molar refractivity (Wildman–Crippen MR) is 82.3 cm³/mol. The Morgan fingerprint density at radius 1 is 1.22 bits per heavy atom. The summed E-state index contributed by atoms with van der Waals surface area (Å²) in [6.45, 7) is 3.04. The SMILES string of the molecule is CCCNc1cccc(Oc2cccc(I)c2)n1. The van der Waals surface area contributed by atoms with E-state index >= 15 is 0 Å². The molecule has 3 nitrogen and oxygen atoms in total. The molecular formula is C14H15IN2O. The van der Waals surface area contributed by atoms with E-state index in [9.17, 15) is 0 Å². The zero-order valence-electron chi connectivity index (χ0n) is 10.2. The monoisotopic (exact) mass is 354 g/mol. The molecule has 4 heteroatoms. The standard InChI is InChI=1S/C14H15IN2O/c1-2-9-16-13-7-4-8-14(17-13)18-12-6-3-5-11(15)10-12/h3-8,10H,2,9H2,1H3,(H,16,17). The summed E-state index contributed by atoms with van der Waals surface area (Å²) in [7, 11) is 0. The van der Waals surface area contributed by atoms with Crippen molar-refractivity contribution in [3.05, 3.63) is 46.0 Å². The Labute approximate surface area is 121 Å². The minimum Gasteiger partial charge on any atom is -0.439 e. The largest absolute Gasteiger partial charge is 0.439 e. The summed E-state index contributed by atoms with van der Waals surface area (Å²) in [5.74, 6) is 2.26. The van der Waals surface area contributed by atoms with E-state index in [1.165, 1.54) is 0 Å². The Morgan fingerprint density at radius 2 is 2.06 bits per heavy atom. The molecule has 0 amide bonds. The molecule has 0 atom stereocenters. The summed E-state index contributed by atoms with van der Waals surface area (Å²) >= 11 is 2.26. The van der Waals surface area contributed by atoms with Gasteiger partial charge in [-0.2, -0.15) is 4.98 Å². The molecule has 0 aliphatic heterocycles. The molecule has 1 N–H and O–H groups in total. The third-order valence-electron chi connectivity index (χ3n) is 2.30. The van der Waals surface area contributed by atoms with Crippen molar-refractivity contribution in [1.82, 2.24) is 4.98 Å². The van der Waals surface area contributed by atoms with Crippen LogP contribution in [0.15, 0.2) is 42.5 Å². The van der Waals surface area contributed by atoms with Crippen molar-refractivity contribution >= 4 is 28.4 Å². The smallest absolute Gasteiger partial charge is 0.221 e. The molecule has 0 radical (unpaired) electrons. The van der Waals surface area contributed by atoms with E-state index in [0.717, 1.165) is 28.1 Å². The Hall–Kier alpha value is -1.30. The number of benzene rings is 1. The molecule has 0 fully saturated rings. The zero-order chi connectivity index (χ0) is 12.8. The van der Waals surface area contributed by atoms with E-state index in [1.807, 2.05) is 42.5 Å². The summed E-state index contributed by atoms with van der Waals surface area (Å²) in [6, 6.07) is 13.6. The minimum absolute atomic E-state index is 0.609. The lowest BCUT2D eigenvalue weighted by molar-refractivity contribution is 0.463. The van der Waals surface area contributed by atoms with Crippen molar-refractivity contribution in [2.45, 2.75) is 13.3 Å². The topological polar surface area (TPSA) is 34.1 Å². The Morgan fingerprint density at radius 3 is 2.83 bits per heavy atom. The number of pyridine rings is 1.